The fourth-order valence-corrected chi connectivity index (χ4v) is 3.16. The Kier molecular flexibility index (Phi) is 5.22. The number of hydrogen-bond acceptors (Lipinski definition) is 7. The molecule has 0 N–H and O–H groups in total. The standard InChI is InChI=1S/C22H20O7/c1-13-21(28-15-7-5-14(25-2)6-8-15)20(23)17-10-9-16(12-19(17)27-13)29-22(24)18-4-3-11-26-18/h5-10,12,18H,3-4,11H2,1-2H3. The van der Waals surface area contributed by atoms with E-state index in [9.17, 15) is 9.59 Å². The van der Waals surface area contributed by atoms with Crippen molar-refractivity contribution in [2.75, 3.05) is 13.7 Å². The molecule has 150 valence electrons. The summed E-state index contributed by atoms with van der Waals surface area (Å²) in [5, 5.41) is 0.330. The van der Waals surface area contributed by atoms with Crippen LogP contribution in [0.3, 0.4) is 0 Å². The molecule has 1 aliphatic heterocycles. The van der Waals surface area contributed by atoms with E-state index in [1.54, 1.807) is 50.4 Å². The lowest BCUT2D eigenvalue weighted by Gasteiger charge is -2.11. The van der Waals surface area contributed by atoms with Crippen molar-refractivity contribution < 1.29 is 28.2 Å². The highest BCUT2D eigenvalue weighted by atomic mass is 16.6. The fraction of sp³-hybridized carbons (Fsp3) is 0.273. The number of benzene rings is 2. The third-order valence-electron chi connectivity index (χ3n) is 4.68. The molecular formula is C22H20O7. The first-order valence-electron chi connectivity index (χ1n) is 9.28. The summed E-state index contributed by atoms with van der Waals surface area (Å²) >= 11 is 0. The Morgan fingerprint density at radius 2 is 1.79 bits per heavy atom. The van der Waals surface area contributed by atoms with Gasteiger partial charge in [-0.15, -0.1) is 0 Å². The van der Waals surface area contributed by atoms with Gasteiger partial charge in [-0.3, -0.25) is 4.79 Å². The SMILES string of the molecule is COc1ccc(Oc2c(C)oc3cc(OC(=O)C4CCCO4)ccc3c2=O)cc1. The quantitative estimate of drug-likeness (QED) is 0.476. The first-order valence-corrected chi connectivity index (χ1v) is 9.28. The summed E-state index contributed by atoms with van der Waals surface area (Å²) in [6.45, 7) is 2.20. The van der Waals surface area contributed by atoms with Crippen LogP contribution in [0.15, 0.2) is 51.7 Å². The summed E-state index contributed by atoms with van der Waals surface area (Å²) in [4.78, 5) is 25.0. The molecule has 0 bridgehead atoms. The zero-order chi connectivity index (χ0) is 20.4. The van der Waals surface area contributed by atoms with Gasteiger partial charge in [-0.2, -0.15) is 0 Å². The van der Waals surface area contributed by atoms with E-state index in [-0.39, 0.29) is 11.2 Å². The van der Waals surface area contributed by atoms with E-state index < -0.39 is 12.1 Å². The van der Waals surface area contributed by atoms with Gasteiger partial charge in [0.2, 0.25) is 11.2 Å². The van der Waals surface area contributed by atoms with Gasteiger partial charge in [0.05, 0.1) is 12.5 Å². The average molecular weight is 396 g/mol. The number of rotatable bonds is 5. The molecule has 1 fully saturated rings. The Morgan fingerprint density at radius 1 is 1.07 bits per heavy atom. The maximum Gasteiger partial charge on any atom is 0.340 e. The van der Waals surface area contributed by atoms with E-state index in [0.29, 0.717) is 47.0 Å². The van der Waals surface area contributed by atoms with Crippen molar-refractivity contribution in [3.63, 3.8) is 0 Å². The molecule has 1 unspecified atom stereocenters. The van der Waals surface area contributed by atoms with Crippen LogP contribution in [-0.2, 0) is 9.53 Å². The lowest BCUT2D eigenvalue weighted by Crippen LogP contribution is -2.24. The summed E-state index contributed by atoms with van der Waals surface area (Å²) in [7, 11) is 1.57. The van der Waals surface area contributed by atoms with Gasteiger partial charge in [0, 0.05) is 12.7 Å². The zero-order valence-electron chi connectivity index (χ0n) is 16.1. The Morgan fingerprint density at radius 3 is 2.48 bits per heavy atom. The van der Waals surface area contributed by atoms with Crippen LogP contribution in [0.5, 0.6) is 23.0 Å². The highest BCUT2D eigenvalue weighted by Crippen LogP contribution is 2.28. The van der Waals surface area contributed by atoms with Crippen LogP contribution in [-0.4, -0.2) is 25.8 Å². The highest BCUT2D eigenvalue weighted by molar-refractivity contribution is 5.82. The minimum absolute atomic E-state index is 0.103. The summed E-state index contributed by atoms with van der Waals surface area (Å²) in [6.07, 6.45) is 0.939. The Hall–Kier alpha value is -3.32. The van der Waals surface area contributed by atoms with Crippen molar-refractivity contribution in [1.29, 1.82) is 0 Å². The zero-order valence-corrected chi connectivity index (χ0v) is 16.1. The topological polar surface area (TPSA) is 84.2 Å². The minimum Gasteiger partial charge on any atom is -0.497 e. The van der Waals surface area contributed by atoms with Crippen molar-refractivity contribution in [3.05, 3.63) is 58.4 Å². The van der Waals surface area contributed by atoms with Crippen molar-refractivity contribution in [2.45, 2.75) is 25.9 Å². The number of aryl methyl sites for hydroxylation is 1. The maximum atomic E-state index is 12.9. The van der Waals surface area contributed by atoms with Gasteiger partial charge in [-0.05, 0) is 56.2 Å². The number of fused-ring (bicyclic) bond motifs is 1. The molecule has 0 saturated carbocycles. The molecule has 29 heavy (non-hydrogen) atoms. The number of ether oxygens (including phenoxy) is 4. The maximum absolute atomic E-state index is 12.9. The van der Waals surface area contributed by atoms with E-state index >= 15 is 0 Å². The Balaban J connectivity index is 1.61. The largest absolute Gasteiger partial charge is 0.497 e. The van der Waals surface area contributed by atoms with Crippen LogP contribution in [0.1, 0.15) is 18.6 Å². The van der Waals surface area contributed by atoms with Gasteiger partial charge in [-0.1, -0.05) is 0 Å². The molecule has 1 atom stereocenters. The first-order chi connectivity index (χ1) is 14.0. The molecular weight excluding hydrogens is 376 g/mol. The highest BCUT2D eigenvalue weighted by Gasteiger charge is 2.26. The number of methoxy groups -OCH3 is 1. The molecule has 3 aromatic rings. The van der Waals surface area contributed by atoms with Gasteiger partial charge in [0.1, 0.15) is 28.6 Å². The predicted octanol–water partition coefficient (Wildman–Crippen LogP) is 3.99. The summed E-state index contributed by atoms with van der Waals surface area (Å²) in [6, 6.07) is 11.5. The van der Waals surface area contributed by atoms with Gasteiger partial charge < -0.3 is 23.4 Å². The number of hydrogen-bond donors (Lipinski definition) is 0. The van der Waals surface area contributed by atoms with Crippen LogP contribution < -0.4 is 19.6 Å². The van der Waals surface area contributed by atoms with Gasteiger partial charge in [-0.25, -0.2) is 4.79 Å². The second kappa shape index (κ2) is 7.97. The van der Waals surface area contributed by atoms with Crippen LogP contribution in [0.25, 0.3) is 11.0 Å². The lowest BCUT2D eigenvalue weighted by atomic mass is 10.2. The van der Waals surface area contributed by atoms with Crippen molar-refractivity contribution in [3.8, 4) is 23.0 Å². The fourth-order valence-electron chi connectivity index (χ4n) is 3.16. The average Bonchev–Trinajstić information content (AvgIpc) is 3.26. The van der Waals surface area contributed by atoms with Crippen molar-refractivity contribution >= 4 is 16.9 Å². The third-order valence-corrected chi connectivity index (χ3v) is 4.68. The molecule has 1 aliphatic rings. The van der Waals surface area contributed by atoms with Crippen LogP contribution in [0, 0.1) is 6.92 Å². The molecule has 0 amide bonds. The monoisotopic (exact) mass is 396 g/mol. The minimum atomic E-state index is -0.542. The van der Waals surface area contributed by atoms with Crippen LogP contribution >= 0.6 is 0 Å². The molecule has 0 spiro atoms. The number of esters is 1. The van der Waals surface area contributed by atoms with Crippen LogP contribution in [0.4, 0.5) is 0 Å². The number of carbonyl (C=O) groups excluding carboxylic acids is 1. The Labute approximate surface area is 166 Å². The summed E-state index contributed by atoms with van der Waals surface area (Å²) in [5.74, 6) is 1.45. The molecule has 2 aromatic carbocycles. The summed E-state index contributed by atoms with van der Waals surface area (Å²) < 4.78 is 27.3. The normalized spacial score (nSPS) is 16.0. The first kappa shape index (κ1) is 19.0. The van der Waals surface area contributed by atoms with Crippen molar-refractivity contribution in [1.82, 2.24) is 0 Å². The van der Waals surface area contributed by atoms with Crippen molar-refractivity contribution in [2.24, 2.45) is 0 Å². The molecule has 4 rings (SSSR count). The van der Waals surface area contributed by atoms with Gasteiger partial charge in [0.25, 0.3) is 0 Å². The molecule has 7 heteroatoms. The van der Waals surface area contributed by atoms with E-state index in [4.69, 9.17) is 23.4 Å². The molecule has 1 saturated heterocycles. The van der Waals surface area contributed by atoms with E-state index in [0.717, 1.165) is 6.42 Å². The molecule has 0 radical (unpaired) electrons. The predicted molar refractivity (Wildman–Crippen MR) is 105 cm³/mol. The van der Waals surface area contributed by atoms with Gasteiger partial charge in [0.15, 0.2) is 6.10 Å². The molecule has 0 aliphatic carbocycles. The lowest BCUT2D eigenvalue weighted by molar-refractivity contribution is -0.144. The number of carbonyl (C=O) groups is 1. The second-order valence-electron chi connectivity index (χ2n) is 6.67. The molecule has 1 aromatic heterocycles. The second-order valence-corrected chi connectivity index (χ2v) is 6.67. The van der Waals surface area contributed by atoms with Gasteiger partial charge >= 0.3 is 5.97 Å². The summed E-state index contributed by atoms with van der Waals surface area (Å²) in [5.41, 5.74) is 0.00351. The van der Waals surface area contributed by atoms with E-state index in [2.05, 4.69) is 0 Å². The smallest absolute Gasteiger partial charge is 0.340 e. The Bertz CT molecular complexity index is 1090. The third kappa shape index (κ3) is 3.95. The molecule has 7 nitrogen and oxygen atoms in total. The van der Waals surface area contributed by atoms with E-state index in [1.807, 2.05) is 0 Å². The molecule has 2 heterocycles. The van der Waals surface area contributed by atoms with E-state index in [1.165, 1.54) is 6.07 Å². The van der Waals surface area contributed by atoms with Crippen LogP contribution in [0.2, 0.25) is 0 Å².